The molecule has 0 aromatic heterocycles. The van der Waals surface area contributed by atoms with Crippen LogP contribution in [0.25, 0.3) is 0 Å². The lowest BCUT2D eigenvalue weighted by molar-refractivity contribution is 0.0469. The fraction of sp³-hybridized carbons (Fsp3) is 0.588. The third kappa shape index (κ3) is 6.57. The minimum Gasteiger partial charge on any atom is -0.496 e. The van der Waals surface area contributed by atoms with Crippen LogP contribution in [-0.2, 0) is 15.9 Å². The van der Waals surface area contributed by atoms with Crippen LogP contribution in [0.5, 0.6) is 11.5 Å². The second-order valence-electron chi connectivity index (χ2n) is 6.30. The summed E-state index contributed by atoms with van der Waals surface area (Å²) in [5.41, 5.74) is 0.343. The van der Waals surface area contributed by atoms with Crippen molar-refractivity contribution in [3.63, 3.8) is 0 Å². The number of hydrogen-bond acceptors (Lipinski definition) is 5. The van der Waals surface area contributed by atoms with Crippen molar-refractivity contribution in [2.45, 2.75) is 38.8 Å². The van der Waals surface area contributed by atoms with Crippen LogP contribution in [0.1, 0.15) is 26.3 Å². The van der Waals surface area contributed by atoms with Crippen LogP contribution in [0.15, 0.2) is 16.6 Å². The molecule has 0 heterocycles. The van der Waals surface area contributed by atoms with E-state index in [1.807, 2.05) is 32.9 Å². The van der Waals surface area contributed by atoms with Crippen LogP contribution in [-0.4, -0.2) is 45.7 Å². The van der Waals surface area contributed by atoms with Gasteiger partial charge in [0.15, 0.2) is 0 Å². The normalized spacial score (nSPS) is 12.5. The van der Waals surface area contributed by atoms with E-state index < -0.39 is 11.7 Å². The zero-order valence-corrected chi connectivity index (χ0v) is 16.7. The second kappa shape index (κ2) is 9.13. The fourth-order valence-corrected chi connectivity index (χ4v) is 2.66. The smallest absolute Gasteiger partial charge is 0.407 e. The fourth-order valence-electron chi connectivity index (χ4n) is 2.18. The summed E-state index contributed by atoms with van der Waals surface area (Å²) in [5.74, 6) is 1.40. The van der Waals surface area contributed by atoms with Crippen molar-refractivity contribution in [3.8, 4) is 11.5 Å². The standard InChI is InChI=1S/C17H26BrNO5/c1-17(2,3)24-16(20)19-12(10-21-4)7-11-8-15(23-6)13(18)9-14(11)22-5/h8-9,12H,7,10H2,1-6H3,(H,19,20). The van der Waals surface area contributed by atoms with E-state index in [0.29, 0.717) is 24.5 Å². The molecule has 0 radical (unpaired) electrons. The molecule has 7 heteroatoms. The first-order valence-corrected chi connectivity index (χ1v) is 8.38. The number of halogens is 1. The van der Waals surface area contributed by atoms with Gasteiger partial charge in [-0.25, -0.2) is 4.79 Å². The number of hydrogen-bond donors (Lipinski definition) is 1. The molecule has 0 aliphatic carbocycles. The lowest BCUT2D eigenvalue weighted by Gasteiger charge is -2.24. The first-order valence-electron chi connectivity index (χ1n) is 7.59. The first-order chi connectivity index (χ1) is 11.2. The van der Waals surface area contributed by atoms with Gasteiger partial charge in [-0.3, -0.25) is 0 Å². The van der Waals surface area contributed by atoms with Crippen LogP contribution in [0.3, 0.4) is 0 Å². The van der Waals surface area contributed by atoms with Crippen molar-refractivity contribution in [1.82, 2.24) is 5.32 Å². The number of carbonyl (C=O) groups is 1. The van der Waals surface area contributed by atoms with Crippen molar-refractivity contribution in [1.29, 1.82) is 0 Å². The number of amides is 1. The molecule has 24 heavy (non-hydrogen) atoms. The Morgan fingerprint density at radius 3 is 2.29 bits per heavy atom. The molecule has 6 nitrogen and oxygen atoms in total. The van der Waals surface area contributed by atoms with E-state index in [-0.39, 0.29) is 6.04 Å². The molecule has 0 aliphatic rings. The van der Waals surface area contributed by atoms with E-state index in [9.17, 15) is 4.79 Å². The van der Waals surface area contributed by atoms with Gasteiger partial charge in [-0.05, 0) is 60.8 Å². The van der Waals surface area contributed by atoms with E-state index in [1.54, 1.807) is 21.3 Å². The predicted octanol–water partition coefficient (Wildman–Crippen LogP) is 3.55. The molecular weight excluding hydrogens is 378 g/mol. The lowest BCUT2D eigenvalue weighted by atomic mass is 10.0. The van der Waals surface area contributed by atoms with Gasteiger partial charge in [0.2, 0.25) is 0 Å². The van der Waals surface area contributed by atoms with Crippen LogP contribution in [0, 0.1) is 0 Å². The minimum atomic E-state index is -0.555. The summed E-state index contributed by atoms with van der Waals surface area (Å²) < 4.78 is 22.1. The van der Waals surface area contributed by atoms with Crippen molar-refractivity contribution in [3.05, 3.63) is 22.2 Å². The molecule has 1 aromatic rings. The van der Waals surface area contributed by atoms with Crippen LogP contribution in [0.2, 0.25) is 0 Å². The van der Waals surface area contributed by atoms with Gasteiger partial charge >= 0.3 is 6.09 Å². The Morgan fingerprint density at radius 2 is 1.79 bits per heavy atom. The monoisotopic (exact) mass is 403 g/mol. The highest BCUT2D eigenvalue weighted by atomic mass is 79.9. The average Bonchev–Trinajstić information content (AvgIpc) is 2.46. The maximum Gasteiger partial charge on any atom is 0.407 e. The topological polar surface area (TPSA) is 66.0 Å². The number of ether oxygens (including phenoxy) is 4. The molecule has 1 N–H and O–H groups in total. The summed E-state index contributed by atoms with van der Waals surface area (Å²) in [7, 11) is 4.79. The number of nitrogens with one attached hydrogen (secondary N) is 1. The maximum atomic E-state index is 12.0. The Morgan fingerprint density at radius 1 is 1.17 bits per heavy atom. The van der Waals surface area contributed by atoms with Crippen molar-refractivity contribution in [2.24, 2.45) is 0 Å². The van der Waals surface area contributed by atoms with Crippen LogP contribution >= 0.6 is 15.9 Å². The van der Waals surface area contributed by atoms with E-state index in [2.05, 4.69) is 21.2 Å². The quantitative estimate of drug-likeness (QED) is 0.753. The van der Waals surface area contributed by atoms with E-state index in [0.717, 1.165) is 10.0 Å². The number of alkyl carbamates (subject to hydrolysis) is 1. The molecule has 0 bridgehead atoms. The van der Waals surface area contributed by atoms with Crippen molar-refractivity contribution in [2.75, 3.05) is 27.9 Å². The van der Waals surface area contributed by atoms with Gasteiger partial charge in [-0.2, -0.15) is 0 Å². The predicted molar refractivity (Wildman–Crippen MR) is 96.0 cm³/mol. The van der Waals surface area contributed by atoms with E-state index in [1.165, 1.54) is 0 Å². The molecule has 0 aliphatic heterocycles. The van der Waals surface area contributed by atoms with Crippen molar-refractivity contribution < 1.29 is 23.7 Å². The Kier molecular flexibility index (Phi) is 7.83. The van der Waals surface area contributed by atoms with Gasteiger partial charge in [0.1, 0.15) is 17.1 Å². The van der Waals surface area contributed by atoms with Gasteiger partial charge in [0, 0.05) is 7.11 Å². The third-order valence-electron chi connectivity index (χ3n) is 3.11. The summed E-state index contributed by atoms with van der Waals surface area (Å²) >= 11 is 3.43. The third-order valence-corrected chi connectivity index (χ3v) is 3.73. The highest BCUT2D eigenvalue weighted by Crippen LogP contribution is 2.33. The molecule has 0 spiro atoms. The summed E-state index contributed by atoms with van der Waals surface area (Å²) in [6.07, 6.45) is 0.0347. The molecule has 1 atom stereocenters. The molecule has 1 rings (SSSR count). The molecular formula is C17H26BrNO5. The Labute approximate surface area is 151 Å². The zero-order chi connectivity index (χ0) is 18.3. The summed E-state index contributed by atoms with van der Waals surface area (Å²) in [6, 6.07) is 3.46. The number of methoxy groups -OCH3 is 3. The zero-order valence-electron chi connectivity index (χ0n) is 15.1. The Bertz CT molecular complexity index is 557. The van der Waals surface area contributed by atoms with E-state index >= 15 is 0 Å². The summed E-state index contributed by atoms with van der Waals surface area (Å²) in [4.78, 5) is 12.0. The SMILES string of the molecule is COCC(Cc1cc(OC)c(Br)cc1OC)NC(=O)OC(C)(C)C. The number of carbonyl (C=O) groups excluding carboxylic acids is 1. The largest absolute Gasteiger partial charge is 0.496 e. The van der Waals surface area contributed by atoms with Gasteiger partial charge in [-0.1, -0.05) is 0 Å². The second-order valence-corrected chi connectivity index (χ2v) is 7.16. The lowest BCUT2D eigenvalue weighted by Crippen LogP contribution is -2.42. The van der Waals surface area contributed by atoms with Gasteiger partial charge in [0.05, 0.1) is 31.3 Å². The molecule has 1 amide bonds. The first kappa shape index (κ1) is 20.6. The molecule has 0 saturated heterocycles. The van der Waals surface area contributed by atoms with Gasteiger partial charge in [0.25, 0.3) is 0 Å². The minimum absolute atomic E-state index is 0.260. The van der Waals surface area contributed by atoms with Gasteiger partial charge < -0.3 is 24.3 Å². The van der Waals surface area contributed by atoms with Crippen molar-refractivity contribution >= 4 is 22.0 Å². The summed E-state index contributed by atoms with van der Waals surface area (Å²) in [6.45, 7) is 5.81. The maximum absolute atomic E-state index is 12.0. The Hall–Kier alpha value is -1.47. The van der Waals surface area contributed by atoms with Crippen LogP contribution < -0.4 is 14.8 Å². The number of rotatable bonds is 7. The van der Waals surface area contributed by atoms with Gasteiger partial charge in [-0.15, -0.1) is 0 Å². The van der Waals surface area contributed by atoms with Crippen LogP contribution in [0.4, 0.5) is 4.79 Å². The molecule has 0 saturated carbocycles. The average molecular weight is 404 g/mol. The highest BCUT2D eigenvalue weighted by molar-refractivity contribution is 9.10. The molecule has 1 aromatic carbocycles. The molecule has 1 unspecified atom stereocenters. The van der Waals surface area contributed by atoms with E-state index in [4.69, 9.17) is 18.9 Å². The highest BCUT2D eigenvalue weighted by Gasteiger charge is 2.21. The number of benzene rings is 1. The summed E-state index contributed by atoms with van der Waals surface area (Å²) in [5, 5.41) is 2.83. The molecule has 136 valence electrons. The molecule has 0 fully saturated rings. The Balaban J connectivity index is 2.93.